The van der Waals surface area contributed by atoms with Gasteiger partial charge in [-0.25, -0.2) is 18.7 Å². The molecule has 0 aliphatic carbocycles. The van der Waals surface area contributed by atoms with Crippen LogP contribution in [0.4, 0.5) is 26.1 Å². The lowest BCUT2D eigenvalue weighted by molar-refractivity contribution is 0.581. The van der Waals surface area contributed by atoms with E-state index < -0.39 is 11.6 Å². The largest absolute Gasteiger partial charge is 0.372 e. The summed E-state index contributed by atoms with van der Waals surface area (Å²) in [5.74, 6) is -0.450. The molecule has 0 saturated carbocycles. The monoisotopic (exact) mass is 392 g/mol. The topological polar surface area (TPSA) is 49.8 Å². The third-order valence-electron chi connectivity index (χ3n) is 2.29. The van der Waals surface area contributed by atoms with E-state index >= 15 is 0 Å². The maximum Gasteiger partial charge on any atom is 0.150 e. The zero-order valence-corrected chi connectivity index (χ0v) is 12.8. The van der Waals surface area contributed by atoms with Crippen LogP contribution in [0.2, 0.25) is 0 Å². The van der Waals surface area contributed by atoms with Gasteiger partial charge in [0.25, 0.3) is 0 Å². The lowest BCUT2D eigenvalue weighted by Crippen LogP contribution is -2.02. The Hall–Kier alpha value is -1.28. The molecule has 2 N–H and O–H groups in total. The first-order chi connectivity index (χ1) is 9.02. The van der Waals surface area contributed by atoms with E-state index in [0.717, 1.165) is 6.07 Å². The number of halogens is 4. The predicted molar refractivity (Wildman–Crippen MR) is 76.6 cm³/mol. The van der Waals surface area contributed by atoms with Crippen molar-refractivity contribution < 1.29 is 8.78 Å². The van der Waals surface area contributed by atoms with Gasteiger partial charge in [-0.15, -0.1) is 0 Å². The fourth-order valence-corrected chi connectivity index (χ4v) is 2.22. The van der Waals surface area contributed by atoms with Gasteiger partial charge in [0.1, 0.15) is 34.1 Å². The minimum atomic E-state index is -0.711. The summed E-state index contributed by atoms with van der Waals surface area (Å²) in [6.07, 6.45) is 1.33. The van der Waals surface area contributed by atoms with Gasteiger partial charge in [-0.2, -0.15) is 0 Å². The maximum atomic E-state index is 13.6. The highest BCUT2D eigenvalue weighted by molar-refractivity contribution is 9.11. The van der Waals surface area contributed by atoms with Crippen molar-refractivity contribution in [1.29, 1.82) is 0 Å². The number of anilines is 3. The molecule has 1 aromatic heterocycles. The molecular weight excluding hydrogens is 386 g/mol. The van der Waals surface area contributed by atoms with Gasteiger partial charge < -0.3 is 10.6 Å². The summed E-state index contributed by atoms with van der Waals surface area (Å²) >= 11 is 6.30. The molecule has 0 atom stereocenters. The number of aromatic nitrogens is 2. The van der Waals surface area contributed by atoms with E-state index in [1.165, 1.54) is 12.4 Å². The standard InChI is InChI=1S/C11H8Br2F2N4/c1-16-10-9(13)11(18-4-17-10)19-8-2-5(12)6(14)3-7(8)15/h2-4H,1H3,(H2,16,17,18,19). The molecule has 0 spiro atoms. The van der Waals surface area contributed by atoms with E-state index in [9.17, 15) is 8.78 Å². The van der Waals surface area contributed by atoms with E-state index in [1.807, 2.05) is 0 Å². The Balaban J connectivity index is 2.39. The summed E-state index contributed by atoms with van der Waals surface area (Å²) in [7, 11) is 1.70. The molecule has 0 amide bonds. The lowest BCUT2D eigenvalue weighted by atomic mass is 10.3. The van der Waals surface area contributed by atoms with E-state index in [-0.39, 0.29) is 10.2 Å². The molecule has 100 valence electrons. The van der Waals surface area contributed by atoms with E-state index in [2.05, 4.69) is 52.5 Å². The molecule has 1 heterocycles. The first-order valence-corrected chi connectivity index (χ1v) is 6.71. The summed E-state index contributed by atoms with van der Waals surface area (Å²) in [5, 5.41) is 5.63. The van der Waals surface area contributed by atoms with Crippen molar-refractivity contribution in [2.45, 2.75) is 0 Å². The number of nitrogens with zero attached hydrogens (tertiary/aromatic N) is 2. The van der Waals surface area contributed by atoms with Gasteiger partial charge in [0.05, 0.1) is 10.2 Å². The molecule has 0 radical (unpaired) electrons. The lowest BCUT2D eigenvalue weighted by Gasteiger charge is -2.11. The van der Waals surface area contributed by atoms with Gasteiger partial charge in [0.15, 0.2) is 0 Å². The van der Waals surface area contributed by atoms with Crippen LogP contribution in [-0.2, 0) is 0 Å². The quantitative estimate of drug-likeness (QED) is 0.772. The van der Waals surface area contributed by atoms with Crippen molar-refractivity contribution >= 4 is 49.2 Å². The predicted octanol–water partition coefficient (Wildman–Crippen LogP) is 4.07. The molecule has 0 fully saturated rings. The van der Waals surface area contributed by atoms with Crippen molar-refractivity contribution in [3.05, 3.63) is 39.0 Å². The van der Waals surface area contributed by atoms with Gasteiger partial charge in [-0.3, -0.25) is 0 Å². The summed E-state index contributed by atoms with van der Waals surface area (Å²) in [6.45, 7) is 0. The summed E-state index contributed by atoms with van der Waals surface area (Å²) in [4.78, 5) is 7.97. The molecule has 2 rings (SSSR count). The zero-order chi connectivity index (χ0) is 14.0. The van der Waals surface area contributed by atoms with Crippen LogP contribution < -0.4 is 10.6 Å². The van der Waals surface area contributed by atoms with Gasteiger partial charge in [0.2, 0.25) is 0 Å². The Kier molecular flexibility index (Phi) is 4.31. The molecule has 0 unspecified atom stereocenters. The number of hydrogen-bond acceptors (Lipinski definition) is 4. The summed E-state index contributed by atoms with van der Waals surface area (Å²) in [5.41, 5.74) is 0.106. The molecule has 8 heteroatoms. The average molecular weight is 394 g/mol. The Labute approximate surface area is 124 Å². The third kappa shape index (κ3) is 3.01. The SMILES string of the molecule is CNc1ncnc(Nc2cc(Br)c(F)cc2F)c1Br. The highest BCUT2D eigenvalue weighted by Gasteiger charge is 2.12. The van der Waals surface area contributed by atoms with Crippen molar-refractivity contribution in [3.63, 3.8) is 0 Å². The van der Waals surface area contributed by atoms with Crippen LogP contribution in [0, 0.1) is 11.6 Å². The van der Waals surface area contributed by atoms with Gasteiger partial charge in [-0.05, 0) is 37.9 Å². The highest BCUT2D eigenvalue weighted by Crippen LogP contribution is 2.31. The average Bonchev–Trinajstić information content (AvgIpc) is 2.38. The summed E-state index contributed by atoms with van der Waals surface area (Å²) < 4.78 is 27.5. The smallest absolute Gasteiger partial charge is 0.150 e. The minimum absolute atomic E-state index is 0.106. The fraction of sp³-hybridized carbons (Fsp3) is 0.0909. The van der Waals surface area contributed by atoms with Gasteiger partial charge in [0, 0.05) is 13.1 Å². The van der Waals surface area contributed by atoms with Crippen LogP contribution in [0.25, 0.3) is 0 Å². The molecule has 4 nitrogen and oxygen atoms in total. The van der Waals surface area contributed by atoms with Crippen molar-refractivity contribution in [2.75, 3.05) is 17.7 Å². The normalized spacial score (nSPS) is 10.4. The molecule has 0 aliphatic heterocycles. The molecule has 19 heavy (non-hydrogen) atoms. The maximum absolute atomic E-state index is 13.6. The van der Waals surface area contributed by atoms with Gasteiger partial charge in [-0.1, -0.05) is 0 Å². The minimum Gasteiger partial charge on any atom is -0.372 e. The molecule has 0 bridgehead atoms. The third-order valence-corrected chi connectivity index (χ3v) is 3.65. The van der Waals surface area contributed by atoms with E-state index in [1.54, 1.807) is 7.05 Å². The molecule has 1 aromatic carbocycles. The van der Waals surface area contributed by atoms with Crippen molar-refractivity contribution in [3.8, 4) is 0 Å². The number of rotatable bonds is 3. The Morgan fingerprint density at radius 3 is 2.42 bits per heavy atom. The second-order valence-electron chi connectivity index (χ2n) is 3.51. The molecule has 0 aliphatic rings. The molecule has 0 saturated heterocycles. The van der Waals surface area contributed by atoms with Crippen LogP contribution >= 0.6 is 31.9 Å². The van der Waals surface area contributed by atoms with E-state index in [0.29, 0.717) is 16.1 Å². The first-order valence-electron chi connectivity index (χ1n) is 5.12. The zero-order valence-electron chi connectivity index (χ0n) is 9.64. The Morgan fingerprint density at radius 2 is 1.74 bits per heavy atom. The molecular formula is C11H8Br2F2N4. The Bertz CT molecular complexity index is 622. The Morgan fingerprint density at radius 1 is 1.05 bits per heavy atom. The second kappa shape index (κ2) is 5.79. The number of nitrogens with one attached hydrogen (secondary N) is 2. The second-order valence-corrected chi connectivity index (χ2v) is 5.15. The highest BCUT2D eigenvalue weighted by atomic mass is 79.9. The number of hydrogen-bond donors (Lipinski definition) is 2. The first kappa shape index (κ1) is 14.1. The summed E-state index contributed by atoms with van der Waals surface area (Å²) in [6, 6.07) is 2.10. The van der Waals surface area contributed by atoms with Crippen LogP contribution in [0.5, 0.6) is 0 Å². The van der Waals surface area contributed by atoms with Crippen LogP contribution in [-0.4, -0.2) is 17.0 Å². The molecule has 2 aromatic rings. The van der Waals surface area contributed by atoms with Gasteiger partial charge >= 0.3 is 0 Å². The van der Waals surface area contributed by atoms with Crippen molar-refractivity contribution in [2.24, 2.45) is 0 Å². The van der Waals surface area contributed by atoms with Crippen molar-refractivity contribution in [1.82, 2.24) is 9.97 Å². The van der Waals surface area contributed by atoms with Crippen LogP contribution in [0.15, 0.2) is 27.4 Å². The fourth-order valence-electron chi connectivity index (χ4n) is 1.38. The van der Waals surface area contributed by atoms with Crippen LogP contribution in [0.1, 0.15) is 0 Å². The number of benzene rings is 1. The van der Waals surface area contributed by atoms with E-state index in [4.69, 9.17) is 0 Å². The van der Waals surface area contributed by atoms with Crippen LogP contribution in [0.3, 0.4) is 0 Å².